The summed E-state index contributed by atoms with van der Waals surface area (Å²) in [5, 5.41) is 12.8. The zero-order valence-electron chi connectivity index (χ0n) is 17.9. The molecule has 1 atom stereocenters. The summed E-state index contributed by atoms with van der Waals surface area (Å²) in [5.41, 5.74) is 2.62. The molecule has 2 N–H and O–H groups in total. The fraction of sp³-hybridized carbons (Fsp3) is 0.250. The number of carbonyl (C=O) groups is 2. The average Bonchev–Trinajstić information content (AvgIpc) is 3.18. The van der Waals surface area contributed by atoms with Gasteiger partial charge in [0.1, 0.15) is 10.6 Å². The highest BCUT2D eigenvalue weighted by molar-refractivity contribution is 7.15. The van der Waals surface area contributed by atoms with E-state index in [0.717, 1.165) is 10.4 Å². The molecule has 3 aromatic rings. The van der Waals surface area contributed by atoms with E-state index in [1.54, 1.807) is 38.5 Å². The first-order valence-corrected chi connectivity index (χ1v) is 10.9. The Bertz CT molecular complexity index is 1170. The van der Waals surface area contributed by atoms with Crippen LogP contribution in [0.25, 0.3) is 11.1 Å². The van der Waals surface area contributed by atoms with Crippen LogP contribution in [-0.4, -0.2) is 37.8 Å². The number of aromatic carboxylic acids is 1. The van der Waals surface area contributed by atoms with Gasteiger partial charge in [0.15, 0.2) is 11.5 Å². The lowest BCUT2D eigenvalue weighted by Crippen LogP contribution is -2.22. The monoisotopic (exact) mass is 453 g/mol. The summed E-state index contributed by atoms with van der Waals surface area (Å²) >= 11 is 1.19. The number of benzene rings is 2. The van der Waals surface area contributed by atoms with E-state index in [-0.39, 0.29) is 23.1 Å². The van der Waals surface area contributed by atoms with Crippen LogP contribution in [0, 0.1) is 0 Å². The van der Waals surface area contributed by atoms with Crippen LogP contribution in [0.4, 0.5) is 5.69 Å². The molecule has 0 aliphatic carbocycles. The van der Waals surface area contributed by atoms with E-state index >= 15 is 0 Å². The topological polar surface area (TPSA) is 94.1 Å². The molecule has 1 aliphatic rings. The van der Waals surface area contributed by atoms with Crippen molar-refractivity contribution in [3.05, 3.63) is 57.8 Å². The molecule has 1 aliphatic heterocycles. The first kappa shape index (κ1) is 21.7. The minimum absolute atomic E-state index is 0.167. The summed E-state index contributed by atoms with van der Waals surface area (Å²) in [6, 6.07) is 12.7. The SMILES string of the molecule is CCOc1ccc([C@@H]2CC(=O)Nc3c2sc(C(=O)O)c3-c2ccc(OC)cc2)cc1OC. The lowest BCUT2D eigenvalue weighted by molar-refractivity contribution is -0.116. The molecule has 2 heterocycles. The van der Waals surface area contributed by atoms with Crippen LogP contribution in [0.5, 0.6) is 17.2 Å². The highest BCUT2D eigenvalue weighted by Crippen LogP contribution is 2.50. The summed E-state index contributed by atoms with van der Waals surface area (Å²) in [5.74, 6) is 0.363. The third kappa shape index (κ3) is 3.89. The molecule has 32 heavy (non-hydrogen) atoms. The second-order valence-corrected chi connectivity index (χ2v) is 8.28. The summed E-state index contributed by atoms with van der Waals surface area (Å²) in [6.45, 7) is 2.40. The van der Waals surface area contributed by atoms with Gasteiger partial charge in [0, 0.05) is 22.8 Å². The lowest BCUT2D eigenvalue weighted by atomic mass is 9.88. The molecule has 0 unspecified atom stereocenters. The average molecular weight is 454 g/mol. The van der Waals surface area contributed by atoms with E-state index in [2.05, 4.69) is 5.32 Å². The van der Waals surface area contributed by atoms with Crippen molar-refractivity contribution in [1.82, 2.24) is 0 Å². The number of hydrogen-bond acceptors (Lipinski definition) is 6. The Labute approximate surface area is 189 Å². The van der Waals surface area contributed by atoms with Crippen LogP contribution in [-0.2, 0) is 4.79 Å². The number of anilines is 1. The number of thiophene rings is 1. The maximum Gasteiger partial charge on any atom is 0.346 e. The number of ether oxygens (including phenoxy) is 3. The standard InChI is InChI=1S/C24H23NO6S/c1-4-31-17-10-7-14(11-18(17)30-3)16-12-19(26)25-21-20(23(24(27)28)32-22(16)21)13-5-8-15(29-2)9-6-13/h5-11,16H,4,12H2,1-3H3,(H,25,26)(H,27,28)/t16-/m0/s1. The molecule has 1 amide bonds. The van der Waals surface area contributed by atoms with Gasteiger partial charge in [-0.1, -0.05) is 18.2 Å². The molecule has 0 fully saturated rings. The number of hydrogen-bond donors (Lipinski definition) is 2. The number of carboxylic acid groups (broad SMARTS) is 1. The fourth-order valence-electron chi connectivity index (χ4n) is 3.92. The molecule has 4 rings (SSSR count). The second-order valence-electron chi connectivity index (χ2n) is 7.23. The van der Waals surface area contributed by atoms with Crippen LogP contribution >= 0.6 is 11.3 Å². The zero-order valence-corrected chi connectivity index (χ0v) is 18.7. The predicted molar refractivity (Wildman–Crippen MR) is 123 cm³/mol. The zero-order chi connectivity index (χ0) is 22.8. The van der Waals surface area contributed by atoms with Crippen LogP contribution in [0.15, 0.2) is 42.5 Å². The first-order chi connectivity index (χ1) is 15.5. The van der Waals surface area contributed by atoms with Gasteiger partial charge in [0.25, 0.3) is 0 Å². The van der Waals surface area contributed by atoms with Crippen molar-refractivity contribution in [3.8, 4) is 28.4 Å². The van der Waals surface area contributed by atoms with Crippen molar-refractivity contribution in [2.24, 2.45) is 0 Å². The van der Waals surface area contributed by atoms with Crippen LogP contribution in [0.1, 0.15) is 39.4 Å². The van der Waals surface area contributed by atoms with Crippen molar-refractivity contribution < 1.29 is 28.9 Å². The van der Waals surface area contributed by atoms with Crippen molar-refractivity contribution in [3.63, 3.8) is 0 Å². The third-order valence-corrected chi connectivity index (χ3v) is 6.66. The molecule has 1 aromatic heterocycles. The van der Waals surface area contributed by atoms with E-state index in [1.165, 1.54) is 11.3 Å². The minimum atomic E-state index is -1.03. The van der Waals surface area contributed by atoms with Crippen molar-refractivity contribution in [1.29, 1.82) is 0 Å². The molecule has 0 spiro atoms. The lowest BCUT2D eigenvalue weighted by Gasteiger charge is -2.24. The Hall–Kier alpha value is -3.52. The molecule has 0 radical (unpaired) electrons. The number of amides is 1. The Morgan fingerprint density at radius 2 is 1.88 bits per heavy atom. The van der Waals surface area contributed by atoms with Crippen LogP contribution in [0.2, 0.25) is 0 Å². The highest BCUT2D eigenvalue weighted by atomic mass is 32.1. The van der Waals surface area contributed by atoms with E-state index in [9.17, 15) is 14.7 Å². The first-order valence-electron chi connectivity index (χ1n) is 10.1. The van der Waals surface area contributed by atoms with Gasteiger partial charge < -0.3 is 24.6 Å². The minimum Gasteiger partial charge on any atom is -0.497 e. The number of carbonyl (C=O) groups excluding carboxylic acids is 1. The summed E-state index contributed by atoms with van der Waals surface area (Å²) in [4.78, 5) is 25.8. The number of methoxy groups -OCH3 is 2. The molecule has 0 saturated heterocycles. The van der Waals surface area contributed by atoms with Crippen LogP contribution < -0.4 is 19.5 Å². The molecule has 7 nitrogen and oxygen atoms in total. The van der Waals surface area contributed by atoms with Gasteiger partial charge in [-0.3, -0.25) is 4.79 Å². The maximum absolute atomic E-state index is 12.7. The molecule has 2 aromatic carbocycles. The third-order valence-electron chi connectivity index (χ3n) is 5.37. The van der Waals surface area contributed by atoms with E-state index in [1.807, 2.05) is 25.1 Å². The van der Waals surface area contributed by atoms with Gasteiger partial charge in [-0.15, -0.1) is 11.3 Å². The van der Waals surface area contributed by atoms with Gasteiger partial charge in [-0.25, -0.2) is 4.79 Å². The maximum atomic E-state index is 12.7. The molecular weight excluding hydrogens is 430 g/mol. The quantitative estimate of drug-likeness (QED) is 0.523. The van der Waals surface area contributed by atoms with E-state index in [0.29, 0.717) is 40.7 Å². The largest absolute Gasteiger partial charge is 0.497 e. The second kappa shape index (κ2) is 8.92. The summed E-state index contributed by atoms with van der Waals surface area (Å²) < 4.78 is 16.3. The molecule has 166 valence electrons. The van der Waals surface area contributed by atoms with E-state index in [4.69, 9.17) is 14.2 Å². The summed E-state index contributed by atoms with van der Waals surface area (Å²) in [6.07, 6.45) is 0.214. The summed E-state index contributed by atoms with van der Waals surface area (Å²) in [7, 11) is 3.14. The smallest absolute Gasteiger partial charge is 0.346 e. The van der Waals surface area contributed by atoms with E-state index < -0.39 is 5.97 Å². The van der Waals surface area contributed by atoms with Gasteiger partial charge in [0.2, 0.25) is 5.91 Å². The van der Waals surface area contributed by atoms with Gasteiger partial charge in [-0.05, 0) is 42.3 Å². The molecular formula is C24H23NO6S. The normalized spacial score (nSPS) is 15.0. The van der Waals surface area contributed by atoms with Crippen molar-refractivity contribution >= 4 is 28.9 Å². The number of nitrogens with one attached hydrogen (secondary N) is 1. The Kier molecular flexibility index (Phi) is 6.05. The molecule has 0 saturated carbocycles. The van der Waals surface area contributed by atoms with Gasteiger partial charge >= 0.3 is 5.97 Å². The van der Waals surface area contributed by atoms with Crippen molar-refractivity contribution in [2.75, 3.05) is 26.1 Å². The Morgan fingerprint density at radius 1 is 1.12 bits per heavy atom. The van der Waals surface area contributed by atoms with Crippen molar-refractivity contribution in [2.45, 2.75) is 19.3 Å². The molecule has 0 bridgehead atoms. The predicted octanol–water partition coefficient (Wildman–Crippen LogP) is 5.00. The number of rotatable bonds is 7. The fourth-order valence-corrected chi connectivity index (χ4v) is 5.16. The molecule has 8 heteroatoms. The van der Waals surface area contributed by atoms with Gasteiger partial charge in [-0.2, -0.15) is 0 Å². The number of carboxylic acids is 1. The van der Waals surface area contributed by atoms with Crippen LogP contribution in [0.3, 0.4) is 0 Å². The highest BCUT2D eigenvalue weighted by Gasteiger charge is 2.34. The Balaban J connectivity index is 1.86. The van der Waals surface area contributed by atoms with Gasteiger partial charge in [0.05, 0.1) is 26.5 Å². The Morgan fingerprint density at radius 3 is 2.50 bits per heavy atom. The number of fused-ring (bicyclic) bond motifs is 1.